The van der Waals surface area contributed by atoms with Gasteiger partial charge in [0.25, 0.3) is 0 Å². The van der Waals surface area contributed by atoms with Gasteiger partial charge >= 0.3 is 5.97 Å². The van der Waals surface area contributed by atoms with Crippen LogP contribution in [-0.2, 0) is 4.74 Å². The predicted molar refractivity (Wildman–Crippen MR) is 98.1 cm³/mol. The first-order chi connectivity index (χ1) is 13.2. The van der Waals surface area contributed by atoms with Gasteiger partial charge in [0.2, 0.25) is 6.79 Å². The van der Waals surface area contributed by atoms with Crippen molar-refractivity contribution in [2.45, 2.75) is 12.8 Å². The molecule has 2 aromatic carbocycles. The van der Waals surface area contributed by atoms with Crippen LogP contribution in [-0.4, -0.2) is 31.6 Å². The second kappa shape index (κ2) is 7.00. The molecule has 0 fully saturated rings. The summed E-state index contributed by atoms with van der Waals surface area (Å²) in [5, 5.41) is 15.7. The molecule has 1 unspecified atom stereocenters. The summed E-state index contributed by atoms with van der Waals surface area (Å²) in [6, 6.07) is 14.9. The lowest BCUT2D eigenvalue weighted by molar-refractivity contribution is 0.0526. The highest BCUT2D eigenvalue weighted by atomic mass is 16.7. The van der Waals surface area contributed by atoms with Crippen LogP contribution in [0.15, 0.2) is 47.6 Å². The third-order valence-electron chi connectivity index (χ3n) is 4.50. The Morgan fingerprint density at radius 2 is 2.04 bits per heavy atom. The summed E-state index contributed by atoms with van der Waals surface area (Å²) < 4.78 is 15.8. The fourth-order valence-corrected chi connectivity index (χ4v) is 3.14. The Morgan fingerprint density at radius 3 is 2.78 bits per heavy atom. The summed E-state index contributed by atoms with van der Waals surface area (Å²) in [6.07, 6.45) is 0. The highest BCUT2D eigenvalue weighted by molar-refractivity contribution is 6.06. The lowest BCUT2D eigenvalue weighted by Crippen LogP contribution is -2.17. The predicted octanol–water partition coefficient (Wildman–Crippen LogP) is 3.08. The quantitative estimate of drug-likeness (QED) is 0.776. The lowest BCUT2D eigenvalue weighted by Gasteiger charge is -2.16. The van der Waals surface area contributed by atoms with E-state index in [9.17, 15) is 10.1 Å². The van der Waals surface area contributed by atoms with Gasteiger partial charge in [-0.05, 0) is 48.9 Å². The highest BCUT2D eigenvalue weighted by Crippen LogP contribution is 2.37. The van der Waals surface area contributed by atoms with E-state index in [0.29, 0.717) is 35.9 Å². The molecule has 1 atom stereocenters. The second-order valence-corrected chi connectivity index (χ2v) is 6.11. The number of nitrogens with zero attached hydrogens (tertiary/aromatic N) is 3. The van der Waals surface area contributed by atoms with E-state index in [0.717, 1.165) is 11.3 Å². The van der Waals surface area contributed by atoms with E-state index in [1.54, 1.807) is 36.2 Å². The smallest absolute Gasteiger partial charge is 0.338 e. The van der Waals surface area contributed by atoms with E-state index in [-0.39, 0.29) is 18.7 Å². The first-order valence-electron chi connectivity index (χ1n) is 8.62. The Hall–Kier alpha value is -3.53. The number of carbonyl (C=O) groups is 1. The van der Waals surface area contributed by atoms with Crippen LogP contribution in [0, 0.1) is 11.3 Å². The standard InChI is InChI=1S/C20H17N3O4/c1-2-25-20(24)13-3-6-15(7-4-13)23-11-16(17(10-21)22-23)14-5-8-18-19(9-14)27-12-26-18/h3-9,16H,2,11-12H2,1H3. The van der Waals surface area contributed by atoms with Crippen molar-refractivity contribution in [3.63, 3.8) is 0 Å². The van der Waals surface area contributed by atoms with Crippen LogP contribution >= 0.6 is 0 Å². The average molecular weight is 363 g/mol. The Kier molecular flexibility index (Phi) is 4.38. The third-order valence-corrected chi connectivity index (χ3v) is 4.50. The van der Waals surface area contributed by atoms with Crippen molar-refractivity contribution in [3.05, 3.63) is 53.6 Å². The molecule has 0 spiro atoms. The summed E-state index contributed by atoms with van der Waals surface area (Å²) >= 11 is 0. The number of hydrogen-bond donors (Lipinski definition) is 0. The van der Waals surface area contributed by atoms with E-state index in [1.807, 2.05) is 18.2 Å². The number of nitriles is 1. The van der Waals surface area contributed by atoms with Crippen LogP contribution in [0.4, 0.5) is 5.69 Å². The number of anilines is 1. The van der Waals surface area contributed by atoms with Crippen molar-refractivity contribution < 1.29 is 19.0 Å². The number of hydrazone groups is 1. The molecule has 7 heteroatoms. The molecule has 27 heavy (non-hydrogen) atoms. The number of benzene rings is 2. The van der Waals surface area contributed by atoms with E-state index in [1.165, 1.54) is 0 Å². The monoisotopic (exact) mass is 363 g/mol. The Bertz CT molecular complexity index is 947. The molecule has 7 nitrogen and oxygen atoms in total. The number of fused-ring (bicyclic) bond motifs is 1. The molecule has 0 amide bonds. The molecule has 2 aromatic rings. The highest BCUT2D eigenvalue weighted by Gasteiger charge is 2.30. The summed E-state index contributed by atoms with van der Waals surface area (Å²) in [4.78, 5) is 11.8. The van der Waals surface area contributed by atoms with Gasteiger partial charge in [0.1, 0.15) is 11.8 Å². The fourth-order valence-electron chi connectivity index (χ4n) is 3.14. The maximum absolute atomic E-state index is 11.8. The normalized spacial score (nSPS) is 17.4. The Balaban J connectivity index is 1.55. The van der Waals surface area contributed by atoms with E-state index < -0.39 is 0 Å². The summed E-state index contributed by atoms with van der Waals surface area (Å²) in [5.41, 5.74) is 2.67. The van der Waals surface area contributed by atoms with Crippen molar-refractivity contribution >= 4 is 17.4 Å². The molecule has 0 saturated carbocycles. The SMILES string of the molecule is CCOC(=O)c1ccc(N2CC(c3ccc4c(c3)OCO4)C(C#N)=N2)cc1. The van der Waals surface area contributed by atoms with E-state index >= 15 is 0 Å². The average Bonchev–Trinajstić information content (AvgIpc) is 3.34. The molecular weight excluding hydrogens is 346 g/mol. The van der Waals surface area contributed by atoms with Gasteiger partial charge in [0.05, 0.1) is 30.3 Å². The van der Waals surface area contributed by atoms with Crippen LogP contribution in [0.3, 0.4) is 0 Å². The molecule has 2 aliphatic rings. The van der Waals surface area contributed by atoms with Crippen LogP contribution in [0.5, 0.6) is 11.5 Å². The van der Waals surface area contributed by atoms with Gasteiger partial charge in [0, 0.05) is 0 Å². The fraction of sp³-hybridized carbons (Fsp3) is 0.250. The minimum absolute atomic E-state index is 0.158. The molecule has 0 radical (unpaired) electrons. The lowest BCUT2D eigenvalue weighted by atomic mass is 9.95. The van der Waals surface area contributed by atoms with Crippen molar-refractivity contribution in [1.82, 2.24) is 0 Å². The number of ether oxygens (including phenoxy) is 3. The summed E-state index contributed by atoms with van der Waals surface area (Å²) in [7, 11) is 0. The number of hydrogen-bond acceptors (Lipinski definition) is 7. The van der Waals surface area contributed by atoms with Gasteiger partial charge in [-0.3, -0.25) is 5.01 Å². The first kappa shape index (κ1) is 16.9. The molecule has 0 saturated heterocycles. The van der Waals surface area contributed by atoms with Crippen LogP contribution in [0.1, 0.15) is 28.8 Å². The molecule has 0 N–H and O–H groups in total. The molecule has 0 bridgehead atoms. The molecule has 4 rings (SSSR count). The largest absolute Gasteiger partial charge is 0.462 e. The minimum atomic E-state index is -0.357. The Labute approximate surface area is 156 Å². The molecule has 2 heterocycles. The van der Waals surface area contributed by atoms with Crippen molar-refractivity contribution in [2.24, 2.45) is 5.10 Å². The van der Waals surface area contributed by atoms with Crippen molar-refractivity contribution in [3.8, 4) is 17.6 Å². The number of rotatable bonds is 4. The zero-order valence-corrected chi connectivity index (χ0v) is 14.7. The van der Waals surface area contributed by atoms with Gasteiger partial charge in [-0.1, -0.05) is 6.07 Å². The van der Waals surface area contributed by atoms with Crippen LogP contribution < -0.4 is 14.5 Å². The van der Waals surface area contributed by atoms with Gasteiger partial charge < -0.3 is 14.2 Å². The second-order valence-electron chi connectivity index (χ2n) is 6.11. The van der Waals surface area contributed by atoms with E-state index in [4.69, 9.17) is 14.2 Å². The first-order valence-corrected chi connectivity index (χ1v) is 8.62. The molecule has 0 aliphatic carbocycles. The van der Waals surface area contributed by atoms with Crippen molar-refractivity contribution in [1.29, 1.82) is 5.26 Å². The van der Waals surface area contributed by atoms with Gasteiger partial charge in [-0.25, -0.2) is 4.79 Å². The number of carbonyl (C=O) groups excluding carboxylic acids is 1. The van der Waals surface area contributed by atoms with Crippen LogP contribution in [0.2, 0.25) is 0 Å². The zero-order chi connectivity index (χ0) is 18.8. The molecule has 136 valence electrons. The van der Waals surface area contributed by atoms with Crippen molar-refractivity contribution in [2.75, 3.05) is 25.0 Å². The van der Waals surface area contributed by atoms with E-state index in [2.05, 4.69) is 11.2 Å². The third kappa shape index (κ3) is 3.17. The zero-order valence-electron chi connectivity index (χ0n) is 14.7. The van der Waals surface area contributed by atoms with Crippen LogP contribution in [0.25, 0.3) is 0 Å². The van der Waals surface area contributed by atoms with Gasteiger partial charge in [-0.2, -0.15) is 10.4 Å². The topological polar surface area (TPSA) is 84.1 Å². The van der Waals surface area contributed by atoms with Gasteiger partial charge in [-0.15, -0.1) is 0 Å². The maximum atomic E-state index is 11.8. The number of esters is 1. The van der Waals surface area contributed by atoms with Gasteiger partial charge in [0.15, 0.2) is 11.5 Å². The molecule has 2 aliphatic heterocycles. The summed E-state index contributed by atoms with van der Waals surface area (Å²) in [5.74, 6) is 0.875. The minimum Gasteiger partial charge on any atom is -0.462 e. The summed E-state index contributed by atoms with van der Waals surface area (Å²) in [6.45, 7) is 2.84. The maximum Gasteiger partial charge on any atom is 0.338 e. The Morgan fingerprint density at radius 1 is 1.26 bits per heavy atom. The molecule has 0 aromatic heterocycles. The molecular formula is C20H17N3O4.